The highest BCUT2D eigenvalue weighted by molar-refractivity contribution is 5.84. The van der Waals surface area contributed by atoms with Crippen LogP contribution in [0.2, 0.25) is 0 Å². The first-order valence-electron chi connectivity index (χ1n) is 8.62. The molecule has 1 atom stereocenters. The van der Waals surface area contributed by atoms with E-state index in [0.29, 0.717) is 6.61 Å². The van der Waals surface area contributed by atoms with Crippen LogP contribution in [0.3, 0.4) is 0 Å². The van der Waals surface area contributed by atoms with Crippen LogP contribution in [0.4, 0.5) is 4.39 Å². The zero-order valence-electron chi connectivity index (χ0n) is 14.8. The van der Waals surface area contributed by atoms with Gasteiger partial charge in [0.15, 0.2) is 0 Å². The van der Waals surface area contributed by atoms with E-state index in [9.17, 15) is 4.39 Å². The molecule has 5 nitrogen and oxygen atoms in total. The second-order valence-corrected chi connectivity index (χ2v) is 6.86. The smallest absolute Gasteiger partial charge is 0.139 e. The second-order valence-electron chi connectivity index (χ2n) is 6.86. The van der Waals surface area contributed by atoms with Gasteiger partial charge >= 0.3 is 0 Å². The summed E-state index contributed by atoms with van der Waals surface area (Å²) in [5, 5.41) is 0.958. The van der Waals surface area contributed by atoms with Crippen LogP contribution in [0, 0.1) is 19.7 Å². The van der Waals surface area contributed by atoms with Crippen LogP contribution >= 0.6 is 0 Å². The molecule has 1 fully saturated rings. The van der Waals surface area contributed by atoms with Gasteiger partial charge in [-0.3, -0.25) is 4.90 Å². The number of aromatic nitrogens is 3. The summed E-state index contributed by atoms with van der Waals surface area (Å²) in [5.74, 6) is 0.773. The average Bonchev–Trinajstić information content (AvgIpc) is 3.08. The lowest BCUT2D eigenvalue weighted by molar-refractivity contribution is -0.0387. The third kappa shape index (κ3) is 3.07. The fraction of sp³-hybridized carbons (Fsp3) is 0.421. The average molecular weight is 342 g/mol. The number of fused-ring (bicyclic) bond motifs is 1. The molecule has 6 heteroatoms. The van der Waals surface area contributed by atoms with Crippen molar-refractivity contribution in [1.29, 1.82) is 0 Å². The number of rotatable bonds is 3. The molecular formula is C19H23FN4O. The van der Waals surface area contributed by atoms with Crippen LogP contribution in [0.5, 0.6) is 0 Å². The molecule has 25 heavy (non-hydrogen) atoms. The number of ether oxygens (including phenoxy) is 1. The summed E-state index contributed by atoms with van der Waals surface area (Å²) < 4.78 is 21.5. The Morgan fingerprint density at radius 1 is 1.36 bits per heavy atom. The minimum Gasteiger partial charge on any atom is -0.368 e. The second kappa shape index (κ2) is 6.28. The molecule has 1 unspecified atom stereocenters. The van der Waals surface area contributed by atoms with Crippen LogP contribution in [0.15, 0.2) is 24.4 Å². The Balaban J connectivity index is 1.55. The monoisotopic (exact) mass is 342 g/mol. The number of H-pyrrole nitrogens is 1. The van der Waals surface area contributed by atoms with Crippen molar-refractivity contribution >= 4 is 10.9 Å². The van der Waals surface area contributed by atoms with Gasteiger partial charge in [-0.1, -0.05) is 0 Å². The van der Waals surface area contributed by atoms with Crippen molar-refractivity contribution in [2.75, 3.05) is 19.7 Å². The summed E-state index contributed by atoms with van der Waals surface area (Å²) >= 11 is 0. The Bertz CT molecular complexity index is 914. The van der Waals surface area contributed by atoms with Gasteiger partial charge in [0.1, 0.15) is 17.7 Å². The summed E-state index contributed by atoms with van der Waals surface area (Å²) in [6.07, 6.45) is 2.00. The van der Waals surface area contributed by atoms with Gasteiger partial charge in [-0.25, -0.2) is 9.37 Å². The minimum atomic E-state index is -0.197. The highest BCUT2D eigenvalue weighted by Crippen LogP contribution is 2.26. The molecule has 3 aromatic rings. The van der Waals surface area contributed by atoms with Crippen molar-refractivity contribution in [2.24, 2.45) is 7.05 Å². The van der Waals surface area contributed by atoms with Crippen LogP contribution < -0.4 is 0 Å². The highest BCUT2D eigenvalue weighted by atomic mass is 19.1. The van der Waals surface area contributed by atoms with Crippen molar-refractivity contribution in [1.82, 2.24) is 19.4 Å². The number of benzene rings is 1. The van der Waals surface area contributed by atoms with E-state index in [1.165, 1.54) is 6.07 Å². The Labute approximate surface area is 146 Å². The summed E-state index contributed by atoms with van der Waals surface area (Å²) in [6.45, 7) is 7.21. The summed E-state index contributed by atoms with van der Waals surface area (Å²) in [7, 11) is 2.01. The first kappa shape index (κ1) is 16.3. The molecule has 1 aliphatic rings. The fourth-order valence-electron chi connectivity index (χ4n) is 3.67. The molecule has 1 aliphatic heterocycles. The van der Waals surface area contributed by atoms with Gasteiger partial charge in [0.25, 0.3) is 0 Å². The Kier molecular flexibility index (Phi) is 4.09. The van der Waals surface area contributed by atoms with E-state index in [1.807, 2.05) is 31.7 Å². The van der Waals surface area contributed by atoms with Crippen LogP contribution in [0.1, 0.15) is 28.9 Å². The number of nitrogens with zero attached hydrogens (tertiary/aromatic N) is 3. The molecule has 132 valence electrons. The SMILES string of the molecule is Cc1cn(C)c(C2CN(Cc3[nH]c4ccc(F)cc4c3C)CCO2)n1. The third-order valence-corrected chi connectivity index (χ3v) is 4.98. The molecule has 0 amide bonds. The highest BCUT2D eigenvalue weighted by Gasteiger charge is 2.26. The summed E-state index contributed by atoms with van der Waals surface area (Å²) in [6, 6.07) is 4.90. The van der Waals surface area contributed by atoms with Crippen molar-refractivity contribution in [3.63, 3.8) is 0 Å². The molecule has 0 bridgehead atoms. The number of nitrogens with one attached hydrogen (secondary N) is 1. The largest absolute Gasteiger partial charge is 0.368 e. The van der Waals surface area contributed by atoms with Crippen molar-refractivity contribution in [3.8, 4) is 0 Å². The predicted molar refractivity (Wildman–Crippen MR) is 94.9 cm³/mol. The Morgan fingerprint density at radius 3 is 2.96 bits per heavy atom. The molecular weight excluding hydrogens is 319 g/mol. The number of hydrogen-bond donors (Lipinski definition) is 1. The van der Waals surface area contributed by atoms with E-state index >= 15 is 0 Å². The predicted octanol–water partition coefficient (Wildman–Crippen LogP) is 3.23. The number of morpholine rings is 1. The van der Waals surface area contributed by atoms with E-state index in [1.54, 1.807) is 12.1 Å². The van der Waals surface area contributed by atoms with Crippen molar-refractivity contribution in [3.05, 3.63) is 53.0 Å². The Morgan fingerprint density at radius 2 is 2.20 bits per heavy atom. The van der Waals surface area contributed by atoms with Gasteiger partial charge in [0, 0.05) is 49.5 Å². The molecule has 0 spiro atoms. The molecule has 2 aromatic heterocycles. The van der Waals surface area contributed by atoms with Gasteiger partial charge in [0.2, 0.25) is 0 Å². The van der Waals surface area contributed by atoms with E-state index in [2.05, 4.69) is 14.9 Å². The maximum absolute atomic E-state index is 13.5. The number of hydrogen-bond acceptors (Lipinski definition) is 3. The lowest BCUT2D eigenvalue weighted by Crippen LogP contribution is -2.38. The van der Waals surface area contributed by atoms with E-state index in [-0.39, 0.29) is 11.9 Å². The lowest BCUT2D eigenvalue weighted by atomic mass is 10.1. The normalized spacial score (nSPS) is 19.0. The van der Waals surface area contributed by atoms with Crippen LogP contribution in [-0.4, -0.2) is 39.1 Å². The lowest BCUT2D eigenvalue weighted by Gasteiger charge is -2.32. The zero-order valence-corrected chi connectivity index (χ0v) is 14.8. The maximum Gasteiger partial charge on any atom is 0.139 e. The van der Waals surface area contributed by atoms with Gasteiger partial charge in [-0.05, 0) is 37.6 Å². The number of aryl methyl sites for hydroxylation is 3. The van der Waals surface area contributed by atoms with Crippen LogP contribution in [0.25, 0.3) is 10.9 Å². The number of imidazole rings is 1. The molecule has 1 aromatic carbocycles. The van der Waals surface area contributed by atoms with Gasteiger partial charge < -0.3 is 14.3 Å². The van der Waals surface area contributed by atoms with E-state index < -0.39 is 0 Å². The quantitative estimate of drug-likeness (QED) is 0.795. The molecule has 0 saturated carbocycles. The molecule has 0 aliphatic carbocycles. The van der Waals surface area contributed by atoms with E-state index in [4.69, 9.17) is 4.74 Å². The minimum absolute atomic E-state index is 0.0189. The molecule has 1 N–H and O–H groups in total. The number of aromatic amines is 1. The first-order chi connectivity index (χ1) is 12.0. The van der Waals surface area contributed by atoms with Gasteiger partial charge in [-0.15, -0.1) is 0 Å². The van der Waals surface area contributed by atoms with Crippen molar-refractivity contribution < 1.29 is 9.13 Å². The standard InChI is InChI=1S/C19H23FN4O/c1-12-9-23(3)19(21-12)18-11-24(6-7-25-18)10-17-13(2)15-8-14(20)4-5-16(15)22-17/h4-5,8-9,18,22H,6-7,10-11H2,1-3H3. The third-order valence-electron chi connectivity index (χ3n) is 4.98. The molecule has 1 saturated heterocycles. The fourth-order valence-corrected chi connectivity index (χ4v) is 3.67. The van der Waals surface area contributed by atoms with Crippen LogP contribution in [-0.2, 0) is 18.3 Å². The summed E-state index contributed by atoms with van der Waals surface area (Å²) in [5.41, 5.74) is 4.24. The van der Waals surface area contributed by atoms with Gasteiger partial charge in [0.05, 0.1) is 12.3 Å². The topological polar surface area (TPSA) is 46.1 Å². The Hall–Kier alpha value is -2.18. The molecule has 0 radical (unpaired) electrons. The molecule has 4 rings (SSSR count). The maximum atomic E-state index is 13.5. The summed E-state index contributed by atoms with van der Waals surface area (Å²) in [4.78, 5) is 10.4. The number of halogens is 1. The van der Waals surface area contributed by atoms with Gasteiger partial charge in [-0.2, -0.15) is 0 Å². The first-order valence-corrected chi connectivity index (χ1v) is 8.62. The van der Waals surface area contributed by atoms with Crippen molar-refractivity contribution in [2.45, 2.75) is 26.5 Å². The zero-order chi connectivity index (χ0) is 17.6. The molecule has 3 heterocycles. The van der Waals surface area contributed by atoms with E-state index in [0.717, 1.165) is 53.3 Å².